The topological polar surface area (TPSA) is 80.7 Å². The van der Waals surface area contributed by atoms with E-state index in [4.69, 9.17) is 15.7 Å². The van der Waals surface area contributed by atoms with Crippen molar-refractivity contribution in [1.82, 2.24) is 4.98 Å². The van der Waals surface area contributed by atoms with Crippen LogP contribution in [0.2, 0.25) is 0 Å². The van der Waals surface area contributed by atoms with Gasteiger partial charge in [0.1, 0.15) is 17.2 Å². The highest BCUT2D eigenvalue weighted by Crippen LogP contribution is 2.25. The standard InChI is InChI=1S/C16H19N3O2/c1-3-11(2)12-4-6-13(7-5-12)21-14-8-9-18-15(10-14)16(17)19-20/h4-11,20H,3H2,1-2H3,(H2,17,19). The minimum absolute atomic E-state index is 0.0485. The quantitative estimate of drug-likeness (QED) is 0.381. The lowest BCUT2D eigenvalue weighted by atomic mass is 9.99. The summed E-state index contributed by atoms with van der Waals surface area (Å²) in [4.78, 5) is 4.00. The molecule has 3 N–H and O–H groups in total. The number of aromatic nitrogens is 1. The Morgan fingerprint density at radius 1 is 1.29 bits per heavy atom. The van der Waals surface area contributed by atoms with E-state index in [1.54, 1.807) is 18.3 Å². The van der Waals surface area contributed by atoms with Crippen molar-refractivity contribution in [3.8, 4) is 11.5 Å². The molecule has 0 spiro atoms. The number of hydrogen-bond donors (Lipinski definition) is 2. The number of pyridine rings is 1. The first-order valence-electron chi connectivity index (χ1n) is 6.85. The molecule has 0 aliphatic carbocycles. The Labute approximate surface area is 124 Å². The van der Waals surface area contributed by atoms with Crippen molar-refractivity contribution < 1.29 is 9.94 Å². The third kappa shape index (κ3) is 3.72. The van der Waals surface area contributed by atoms with Crippen LogP contribution in [-0.4, -0.2) is 16.0 Å². The highest BCUT2D eigenvalue weighted by Gasteiger charge is 2.06. The summed E-state index contributed by atoms with van der Waals surface area (Å²) in [5.74, 6) is 1.81. The van der Waals surface area contributed by atoms with Crippen LogP contribution in [0.1, 0.15) is 37.4 Å². The van der Waals surface area contributed by atoms with Gasteiger partial charge in [-0.3, -0.25) is 4.98 Å². The molecule has 1 aromatic heterocycles. The van der Waals surface area contributed by atoms with Gasteiger partial charge in [-0.25, -0.2) is 0 Å². The predicted molar refractivity (Wildman–Crippen MR) is 82.0 cm³/mol. The minimum Gasteiger partial charge on any atom is -0.457 e. The molecule has 1 heterocycles. The van der Waals surface area contributed by atoms with Gasteiger partial charge in [-0.1, -0.05) is 31.1 Å². The van der Waals surface area contributed by atoms with Gasteiger partial charge in [-0.15, -0.1) is 0 Å². The summed E-state index contributed by atoms with van der Waals surface area (Å²) in [6, 6.07) is 11.3. The molecule has 0 aliphatic heterocycles. The van der Waals surface area contributed by atoms with Crippen LogP contribution in [0.4, 0.5) is 0 Å². The molecule has 110 valence electrons. The monoisotopic (exact) mass is 285 g/mol. The summed E-state index contributed by atoms with van der Waals surface area (Å²) in [5.41, 5.74) is 7.16. The van der Waals surface area contributed by atoms with E-state index in [-0.39, 0.29) is 5.84 Å². The highest BCUT2D eigenvalue weighted by atomic mass is 16.5. The SMILES string of the molecule is CCC(C)c1ccc(Oc2ccnc(/C(N)=N/O)c2)cc1. The Hall–Kier alpha value is -2.56. The molecule has 0 saturated heterocycles. The van der Waals surface area contributed by atoms with E-state index in [1.165, 1.54) is 5.56 Å². The average Bonchev–Trinajstić information content (AvgIpc) is 2.54. The maximum atomic E-state index is 8.66. The number of rotatable bonds is 5. The second kappa shape index (κ2) is 6.74. The fourth-order valence-corrected chi connectivity index (χ4v) is 1.90. The number of ether oxygens (including phenoxy) is 1. The zero-order chi connectivity index (χ0) is 15.2. The molecule has 5 nitrogen and oxygen atoms in total. The molecule has 2 rings (SSSR count). The Bertz CT molecular complexity index is 624. The van der Waals surface area contributed by atoms with Crippen LogP contribution >= 0.6 is 0 Å². The van der Waals surface area contributed by atoms with Gasteiger partial charge in [0.25, 0.3) is 0 Å². The molecular weight excluding hydrogens is 266 g/mol. The summed E-state index contributed by atoms with van der Waals surface area (Å²) in [5, 5.41) is 11.6. The number of hydrogen-bond acceptors (Lipinski definition) is 4. The summed E-state index contributed by atoms with van der Waals surface area (Å²) in [6.45, 7) is 4.36. The van der Waals surface area contributed by atoms with Crippen molar-refractivity contribution in [2.45, 2.75) is 26.2 Å². The normalized spacial score (nSPS) is 13.0. The third-order valence-corrected chi connectivity index (χ3v) is 3.40. The van der Waals surface area contributed by atoms with E-state index in [0.717, 1.165) is 12.2 Å². The van der Waals surface area contributed by atoms with Crippen molar-refractivity contribution in [3.05, 3.63) is 53.9 Å². The van der Waals surface area contributed by atoms with Gasteiger partial charge in [0.05, 0.1) is 0 Å². The van der Waals surface area contributed by atoms with Gasteiger partial charge in [-0.05, 0) is 36.1 Å². The van der Waals surface area contributed by atoms with Crippen LogP contribution < -0.4 is 10.5 Å². The molecule has 5 heteroatoms. The van der Waals surface area contributed by atoms with Crippen molar-refractivity contribution in [3.63, 3.8) is 0 Å². The number of nitrogens with two attached hydrogens (primary N) is 1. The molecule has 0 fully saturated rings. The van der Waals surface area contributed by atoms with Crippen molar-refractivity contribution in [1.29, 1.82) is 0 Å². The maximum absolute atomic E-state index is 8.66. The van der Waals surface area contributed by atoms with Crippen molar-refractivity contribution >= 4 is 5.84 Å². The second-order valence-electron chi connectivity index (χ2n) is 4.84. The largest absolute Gasteiger partial charge is 0.457 e. The molecule has 0 radical (unpaired) electrons. The molecular formula is C16H19N3O2. The van der Waals surface area contributed by atoms with Crippen LogP contribution in [0.25, 0.3) is 0 Å². The third-order valence-electron chi connectivity index (χ3n) is 3.40. The zero-order valence-corrected chi connectivity index (χ0v) is 12.2. The molecule has 1 unspecified atom stereocenters. The van der Waals surface area contributed by atoms with E-state index in [1.807, 2.05) is 12.1 Å². The highest BCUT2D eigenvalue weighted by molar-refractivity contribution is 5.95. The summed E-state index contributed by atoms with van der Waals surface area (Å²) >= 11 is 0. The van der Waals surface area contributed by atoms with Crippen LogP contribution in [0.3, 0.4) is 0 Å². The van der Waals surface area contributed by atoms with Gasteiger partial charge in [-0.2, -0.15) is 0 Å². The Morgan fingerprint density at radius 2 is 2.00 bits per heavy atom. The molecule has 0 bridgehead atoms. The average molecular weight is 285 g/mol. The van der Waals surface area contributed by atoms with Crippen molar-refractivity contribution in [2.75, 3.05) is 0 Å². The molecule has 0 amide bonds. The van der Waals surface area contributed by atoms with Crippen LogP contribution in [0.5, 0.6) is 11.5 Å². The fourth-order valence-electron chi connectivity index (χ4n) is 1.90. The Balaban J connectivity index is 2.15. The smallest absolute Gasteiger partial charge is 0.188 e. The molecule has 0 saturated carbocycles. The number of amidine groups is 1. The lowest BCUT2D eigenvalue weighted by Crippen LogP contribution is -2.14. The lowest BCUT2D eigenvalue weighted by molar-refractivity contribution is 0.318. The number of nitrogens with zero attached hydrogens (tertiary/aromatic N) is 2. The van der Waals surface area contributed by atoms with E-state index in [2.05, 4.69) is 36.1 Å². The van der Waals surface area contributed by atoms with Gasteiger partial charge in [0.15, 0.2) is 5.84 Å². The minimum atomic E-state index is -0.0485. The summed E-state index contributed by atoms with van der Waals surface area (Å²) in [6.07, 6.45) is 2.66. The van der Waals surface area contributed by atoms with Crippen LogP contribution in [-0.2, 0) is 0 Å². The number of benzene rings is 1. The van der Waals surface area contributed by atoms with Gasteiger partial charge in [0.2, 0.25) is 0 Å². The van der Waals surface area contributed by atoms with E-state index in [9.17, 15) is 0 Å². The van der Waals surface area contributed by atoms with Crippen LogP contribution in [0.15, 0.2) is 47.8 Å². The first kappa shape index (κ1) is 14.8. The molecule has 21 heavy (non-hydrogen) atoms. The van der Waals surface area contributed by atoms with Gasteiger partial charge < -0.3 is 15.7 Å². The van der Waals surface area contributed by atoms with E-state index >= 15 is 0 Å². The molecule has 1 atom stereocenters. The zero-order valence-electron chi connectivity index (χ0n) is 12.2. The second-order valence-corrected chi connectivity index (χ2v) is 4.84. The van der Waals surface area contributed by atoms with Gasteiger partial charge >= 0.3 is 0 Å². The molecule has 1 aromatic carbocycles. The Morgan fingerprint density at radius 3 is 2.62 bits per heavy atom. The number of oxime groups is 1. The first-order valence-corrected chi connectivity index (χ1v) is 6.85. The maximum Gasteiger partial charge on any atom is 0.188 e. The predicted octanol–water partition coefficient (Wildman–Crippen LogP) is 3.48. The first-order chi connectivity index (χ1) is 10.1. The van der Waals surface area contributed by atoms with E-state index in [0.29, 0.717) is 17.4 Å². The molecule has 0 aliphatic rings. The fraction of sp³-hybridized carbons (Fsp3) is 0.250. The lowest BCUT2D eigenvalue weighted by Gasteiger charge is -2.11. The Kier molecular flexibility index (Phi) is 4.77. The van der Waals surface area contributed by atoms with Gasteiger partial charge in [0, 0.05) is 12.3 Å². The summed E-state index contributed by atoms with van der Waals surface area (Å²) in [7, 11) is 0. The van der Waals surface area contributed by atoms with E-state index < -0.39 is 0 Å². The van der Waals surface area contributed by atoms with Crippen LogP contribution in [0, 0.1) is 0 Å². The summed E-state index contributed by atoms with van der Waals surface area (Å²) < 4.78 is 5.75. The molecule has 2 aromatic rings. The van der Waals surface area contributed by atoms with Crippen molar-refractivity contribution in [2.24, 2.45) is 10.9 Å².